The lowest BCUT2D eigenvalue weighted by Crippen LogP contribution is -2.53. The van der Waals surface area contributed by atoms with E-state index in [2.05, 4.69) is 25.5 Å². The van der Waals surface area contributed by atoms with E-state index in [0.29, 0.717) is 37.9 Å². The minimum Gasteiger partial charge on any atom is -0.486 e. The van der Waals surface area contributed by atoms with Gasteiger partial charge in [-0.3, -0.25) is 0 Å². The molecule has 0 bridgehead atoms. The number of ether oxygens (including phenoxy) is 1. The molecule has 11 heteroatoms. The Morgan fingerprint density at radius 3 is 2.59 bits per heavy atom. The minimum atomic E-state index is -0.896. The Morgan fingerprint density at radius 2 is 1.97 bits per heavy atom. The van der Waals surface area contributed by atoms with Crippen molar-refractivity contribution >= 4 is 12.0 Å². The van der Waals surface area contributed by atoms with Crippen LogP contribution in [0.15, 0.2) is 43.0 Å². The molecule has 0 aliphatic carbocycles. The van der Waals surface area contributed by atoms with Crippen molar-refractivity contribution in [1.82, 2.24) is 35.1 Å². The zero-order valence-electron chi connectivity index (χ0n) is 15.8. The fraction of sp³-hybridized carbons (Fsp3) is 0.333. The number of carboxylic acid groups (broad SMARTS) is 1. The second-order valence-corrected chi connectivity index (χ2v) is 6.70. The van der Waals surface area contributed by atoms with Gasteiger partial charge in [0, 0.05) is 25.7 Å². The van der Waals surface area contributed by atoms with Crippen LogP contribution in [0.2, 0.25) is 0 Å². The zero-order valence-corrected chi connectivity index (χ0v) is 15.8. The molecule has 29 heavy (non-hydrogen) atoms. The minimum absolute atomic E-state index is 0.00493. The summed E-state index contributed by atoms with van der Waals surface area (Å²) >= 11 is 0. The molecular formula is C18H20N8O3. The molecular weight excluding hydrogens is 376 g/mol. The Morgan fingerprint density at radius 1 is 1.21 bits per heavy atom. The molecule has 2 aromatic heterocycles. The topological polar surface area (TPSA) is 122 Å². The molecule has 0 spiro atoms. The average molecular weight is 396 g/mol. The average Bonchev–Trinajstić information content (AvgIpc) is 3.28. The third-order valence-corrected chi connectivity index (χ3v) is 4.72. The molecule has 1 atom stereocenters. The van der Waals surface area contributed by atoms with E-state index in [-0.39, 0.29) is 6.04 Å². The summed E-state index contributed by atoms with van der Waals surface area (Å²) in [5.41, 5.74) is 1.85. The molecule has 0 radical (unpaired) electrons. The number of anilines is 1. The number of carbonyl (C=O) groups is 1. The van der Waals surface area contributed by atoms with Crippen molar-refractivity contribution in [3.63, 3.8) is 0 Å². The van der Waals surface area contributed by atoms with Gasteiger partial charge < -0.3 is 19.6 Å². The van der Waals surface area contributed by atoms with Crippen LogP contribution in [0.1, 0.15) is 12.5 Å². The van der Waals surface area contributed by atoms with E-state index in [1.807, 2.05) is 36.1 Å². The third-order valence-electron chi connectivity index (χ3n) is 4.72. The Bertz CT molecular complexity index is 946. The summed E-state index contributed by atoms with van der Waals surface area (Å²) in [6, 6.07) is 7.70. The molecule has 1 saturated heterocycles. The number of tetrazole rings is 1. The molecule has 1 amide bonds. The molecule has 1 fully saturated rings. The first-order chi connectivity index (χ1) is 14.1. The third kappa shape index (κ3) is 4.23. The maximum absolute atomic E-state index is 11.1. The van der Waals surface area contributed by atoms with Gasteiger partial charge in [-0.1, -0.05) is 12.1 Å². The van der Waals surface area contributed by atoms with Crippen LogP contribution in [-0.2, 0) is 6.61 Å². The van der Waals surface area contributed by atoms with Crippen molar-refractivity contribution in [1.29, 1.82) is 0 Å². The van der Waals surface area contributed by atoms with Crippen molar-refractivity contribution < 1.29 is 14.6 Å². The number of benzene rings is 1. The molecule has 3 heterocycles. The van der Waals surface area contributed by atoms with Crippen molar-refractivity contribution in [2.45, 2.75) is 19.6 Å². The largest absolute Gasteiger partial charge is 0.486 e. The highest BCUT2D eigenvalue weighted by atomic mass is 16.5. The van der Waals surface area contributed by atoms with Gasteiger partial charge in [0.05, 0.1) is 18.1 Å². The number of amides is 1. The maximum atomic E-state index is 11.1. The normalized spacial score (nSPS) is 16.7. The highest BCUT2D eigenvalue weighted by molar-refractivity contribution is 5.65. The summed E-state index contributed by atoms with van der Waals surface area (Å²) in [6.07, 6.45) is 3.90. The van der Waals surface area contributed by atoms with Crippen LogP contribution in [0.5, 0.6) is 5.75 Å². The van der Waals surface area contributed by atoms with Crippen LogP contribution in [0, 0.1) is 0 Å². The number of aromatic nitrogens is 6. The Labute approximate surface area is 166 Å². The van der Waals surface area contributed by atoms with Gasteiger partial charge in [0.1, 0.15) is 12.9 Å². The highest BCUT2D eigenvalue weighted by Gasteiger charge is 2.27. The van der Waals surface area contributed by atoms with Gasteiger partial charge in [0.2, 0.25) is 5.95 Å². The standard InChI is InChI=1S/C18H20N8O3/c1-13-10-24(18(27)28)6-7-25(13)17-19-8-16(9-20-17)29-11-14-2-4-15(5-3-14)26-12-21-22-23-26/h2-5,8-9,12-13H,6-7,10-11H2,1H3,(H,27,28)/t13-/m1/s1. The van der Waals surface area contributed by atoms with E-state index >= 15 is 0 Å². The van der Waals surface area contributed by atoms with Crippen molar-refractivity contribution in [3.8, 4) is 11.4 Å². The Hall–Kier alpha value is -3.76. The lowest BCUT2D eigenvalue weighted by atomic mass is 10.2. The van der Waals surface area contributed by atoms with Gasteiger partial charge in [-0.2, -0.15) is 0 Å². The van der Waals surface area contributed by atoms with E-state index in [4.69, 9.17) is 9.84 Å². The van der Waals surface area contributed by atoms with Crippen LogP contribution < -0.4 is 9.64 Å². The molecule has 0 unspecified atom stereocenters. The summed E-state index contributed by atoms with van der Waals surface area (Å²) in [6.45, 7) is 3.76. The SMILES string of the molecule is C[C@@H]1CN(C(=O)O)CCN1c1ncc(OCc2ccc(-n3cnnn3)cc2)cn1. The smallest absolute Gasteiger partial charge is 0.407 e. The fourth-order valence-corrected chi connectivity index (χ4v) is 3.15. The Kier molecular flexibility index (Phi) is 5.18. The molecule has 3 aromatic rings. The highest BCUT2D eigenvalue weighted by Crippen LogP contribution is 2.19. The van der Waals surface area contributed by atoms with E-state index in [1.165, 1.54) is 11.2 Å². The van der Waals surface area contributed by atoms with Gasteiger partial charge in [-0.25, -0.2) is 19.4 Å². The fourth-order valence-electron chi connectivity index (χ4n) is 3.15. The summed E-state index contributed by atoms with van der Waals surface area (Å²) < 4.78 is 7.34. The van der Waals surface area contributed by atoms with Crippen LogP contribution in [0.4, 0.5) is 10.7 Å². The number of hydrogen-bond donors (Lipinski definition) is 1. The quantitative estimate of drug-likeness (QED) is 0.678. The van der Waals surface area contributed by atoms with Crippen LogP contribution in [0.3, 0.4) is 0 Å². The molecule has 1 aliphatic heterocycles. The van der Waals surface area contributed by atoms with Crippen molar-refractivity contribution in [2.24, 2.45) is 0 Å². The predicted molar refractivity (Wildman–Crippen MR) is 102 cm³/mol. The molecule has 1 aliphatic rings. The summed E-state index contributed by atoms with van der Waals surface area (Å²) in [5, 5.41) is 20.2. The summed E-state index contributed by atoms with van der Waals surface area (Å²) in [4.78, 5) is 23.3. The predicted octanol–water partition coefficient (Wildman–Crippen LogP) is 1.22. The van der Waals surface area contributed by atoms with Crippen LogP contribution >= 0.6 is 0 Å². The first kappa shape index (κ1) is 18.6. The van der Waals surface area contributed by atoms with Gasteiger partial charge >= 0.3 is 6.09 Å². The van der Waals surface area contributed by atoms with E-state index < -0.39 is 6.09 Å². The maximum Gasteiger partial charge on any atom is 0.407 e. The first-order valence-corrected chi connectivity index (χ1v) is 9.12. The van der Waals surface area contributed by atoms with E-state index in [1.54, 1.807) is 17.1 Å². The number of piperazine rings is 1. The zero-order chi connectivity index (χ0) is 20.2. The molecule has 11 nitrogen and oxygen atoms in total. The van der Waals surface area contributed by atoms with E-state index in [9.17, 15) is 4.79 Å². The van der Waals surface area contributed by atoms with Crippen LogP contribution in [0.25, 0.3) is 5.69 Å². The second kappa shape index (κ2) is 8.09. The summed E-state index contributed by atoms with van der Waals surface area (Å²) in [7, 11) is 0. The van der Waals surface area contributed by atoms with Gasteiger partial charge in [0.25, 0.3) is 0 Å². The molecule has 1 aromatic carbocycles. The monoisotopic (exact) mass is 396 g/mol. The second-order valence-electron chi connectivity index (χ2n) is 6.70. The molecule has 0 saturated carbocycles. The number of rotatable bonds is 5. The lowest BCUT2D eigenvalue weighted by molar-refractivity contribution is 0.136. The Balaban J connectivity index is 1.33. The molecule has 4 rings (SSSR count). The number of nitrogens with zero attached hydrogens (tertiary/aromatic N) is 8. The van der Waals surface area contributed by atoms with Crippen molar-refractivity contribution in [3.05, 3.63) is 48.5 Å². The van der Waals surface area contributed by atoms with Gasteiger partial charge in [-0.05, 0) is 35.0 Å². The summed E-state index contributed by atoms with van der Waals surface area (Å²) in [5.74, 6) is 1.14. The van der Waals surface area contributed by atoms with Gasteiger partial charge in [0.15, 0.2) is 5.75 Å². The number of hydrogen-bond acceptors (Lipinski definition) is 8. The van der Waals surface area contributed by atoms with Crippen molar-refractivity contribution in [2.75, 3.05) is 24.5 Å². The van der Waals surface area contributed by atoms with Gasteiger partial charge in [-0.15, -0.1) is 5.10 Å². The molecule has 1 N–H and O–H groups in total. The lowest BCUT2D eigenvalue weighted by Gasteiger charge is -2.38. The van der Waals surface area contributed by atoms with E-state index in [0.717, 1.165) is 11.3 Å². The van der Waals surface area contributed by atoms with Crippen LogP contribution in [-0.4, -0.2) is 72.0 Å². The molecule has 150 valence electrons. The first-order valence-electron chi connectivity index (χ1n) is 9.12.